The van der Waals surface area contributed by atoms with Crippen molar-refractivity contribution >= 4 is 27.6 Å². The molecular weight excluding hydrogens is 258 g/mol. The molecular formula is C11H12BrNO2. The lowest BCUT2D eigenvalue weighted by molar-refractivity contribution is -0.131. The molecule has 0 bridgehead atoms. The Morgan fingerprint density at radius 3 is 2.93 bits per heavy atom. The molecule has 1 aromatic carbocycles. The molecule has 1 aromatic rings. The number of benzene rings is 1. The molecule has 80 valence electrons. The van der Waals surface area contributed by atoms with Crippen LogP contribution in [0, 0.1) is 0 Å². The topological polar surface area (TPSA) is 49.3 Å². The van der Waals surface area contributed by atoms with Gasteiger partial charge in [0.2, 0.25) is 0 Å². The van der Waals surface area contributed by atoms with Crippen molar-refractivity contribution in [3.05, 3.63) is 40.4 Å². The van der Waals surface area contributed by atoms with Crippen LogP contribution in [0.5, 0.6) is 0 Å². The largest absolute Gasteiger partial charge is 0.478 e. The van der Waals surface area contributed by atoms with Crippen LogP contribution in [-0.4, -0.2) is 17.6 Å². The lowest BCUT2D eigenvalue weighted by atomic mass is 10.2. The lowest BCUT2D eigenvalue weighted by Gasteiger charge is -2.06. The quantitative estimate of drug-likeness (QED) is 0.827. The van der Waals surface area contributed by atoms with Gasteiger partial charge in [0.1, 0.15) is 0 Å². The normalized spacial score (nSPS) is 11.2. The molecule has 1 rings (SSSR count). The minimum atomic E-state index is -0.913. The van der Waals surface area contributed by atoms with E-state index in [2.05, 4.69) is 21.2 Å². The maximum absolute atomic E-state index is 10.4. The molecule has 0 saturated heterocycles. The Morgan fingerprint density at radius 2 is 2.33 bits per heavy atom. The van der Waals surface area contributed by atoms with Gasteiger partial charge in [-0.1, -0.05) is 22.0 Å². The first kappa shape index (κ1) is 11.8. The zero-order valence-corrected chi connectivity index (χ0v) is 9.91. The maximum Gasteiger partial charge on any atom is 0.328 e. The molecule has 0 unspecified atom stereocenters. The fraction of sp³-hybridized carbons (Fsp3) is 0.182. The van der Waals surface area contributed by atoms with E-state index in [9.17, 15) is 4.79 Å². The highest BCUT2D eigenvalue weighted by Crippen LogP contribution is 2.15. The first-order valence-electron chi connectivity index (χ1n) is 4.47. The molecule has 0 aromatic heterocycles. The average molecular weight is 270 g/mol. The van der Waals surface area contributed by atoms with Crippen LogP contribution in [0.2, 0.25) is 0 Å². The van der Waals surface area contributed by atoms with E-state index in [1.54, 1.807) is 6.92 Å². The van der Waals surface area contributed by atoms with Gasteiger partial charge in [-0.3, -0.25) is 0 Å². The van der Waals surface area contributed by atoms with Crippen molar-refractivity contribution in [1.29, 1.82) is 0 Å². The summed E-state index contributed by atoms with van der Waals surface area (Å²) in [5.41, 5.74) is 1.74. The zero-order valence-electron chi connectivity index (χ0n) is 8.33. The summed E-state index contributed by atoms with van der Waals surface area (Å²) in [5.74, 6) is -0.913. The second-order valence-corrected chi connectivity index (χ2v) is 4.11. The van der Waals surface area contributed by atoms with Gasteiger partial charge >= 0.3 is 5.97 Å². The number of anilines is 1. The van der Waals surface area contributed by atoms with Gasteiger partial charge in [-0.05, 0) is 30.7 Å². The number of carboxylic acid groups (broad SMARTS) is 1. The Balaban J connectivity index is 2.54. The van der Waals surface area contributed by atoms with Gasteiger partial charge in [0.05, 0.1) is 0 Å². The highest BCUT2D eigenvalue weighted by Gasteiger charge is 1.96. The van der Waals surface area contributed by atoms with Crippen LogP contribution in [0.4, 0.5) is 5.69 Å². The molecule has 2 N–H and O–H groups in total. The molecule has 3 nitrogen and oxygen atoms in total. The third-order valence-corrected chi connectivity index (χ3v) is 2.26. The number of nitrogens with one attached hydrogen (secondary N) is 1. The molecule has 0 saturated carbocycles. The van der Waals surface area contributed by atoms with Crippen LogP contribution in [-0.2, 0) is 4.79 Å². The molecule has 0 amide bonds. The third kappa shape index (κ3) is 4.65. The van der Waals surface area contributed by atoms with Crippen molar-refractivity contribution in [2.24, 2.45) is 0 Å². The molecule has 0 spiro atoms. The van der Waals surface area contributed by atoms with E-state index in [1.807, 2.05) is 24.3 Å². The van der Waals surface area contributed by atoms with Crippen molar-refractivity contribution in [2.45, 2.75) is 6.92 Å². The predicted octanol–water partition coefficient (Wildman–Crippen LogP) is 2.89. The standard InChI is InChI=1S/C11H12BrNO2/c1-8(5-11(14)15)7-13-10-4-2-3-9(12)6-10/h2-6,13H,7H2,1H3,(H,14,15)/b8-5-. The van der Waals surface area contributed by atoms with Crippen LogP contribution in [0.3, 0.4) is 0 Å². The van der Waals surface area contributed by atoms with E-state index in [4.69, 9.17) is 5.11 Å². The van der Waals surface area contributed by atoms with Gasteiger partial charge in [-0.15, -0.1) is 0 Å². The average Bonchev–Trinajstić information content (AvgIpc) is 2.14. The van der Waals surface area contributed by atoms with E-state index in [-0.39, 0.29) is 0 Å². The van der Waals surface area contributed by atoms with Crippen LogP contribution in [0.25, 0.3) is 0 Å². The first-order valence-corrected chi connectivity index (χ1v) is 5.27. The molecule has 0 atom stereocenters. The maximum atomic E-state index is 10.4. The van der Waals surface area contributed by atoms with Gasteiger partial charge in [-0.25, -0.2) is 4.79 Å². The molecule has 0 fully saturated rings. The van der Waals surface area contributed by atoms with Crippen molar-refractivity contribution in [3.8, 4) is 0 Å². The Kier molecular flexibility index (Phi) is 4.37. The number of carboxylic acids is 1. The SMILES string of the molecule is C/C(=C/C(=O)O)CNc1cccc(Br)c1. The minimum absolute atomic E-state index is 0.531. The summed E-state index contributed by atoms with van der Waals surface area (Å²) in [5, 5.41) is 11.6. The fourth-order valence-corrected chi connectivity index (χ4v) is 1.50. The van der Waals surface area contributed by atoms with Crippen molar-refractivity contribution in [1.82, 2.24) is 0 Å². The summed E-state index contributed by atoms with van der Waals surface area (Å²) in [6.45, 7) is 2.31. The van der Waals surface area contributed by atoms with Crippen LogP contribution in [0.15, 0.2) is 40.4 Å². The molecule has 0 aliphatic carbocycles. The molecule has 0 aliphatic rings. The van der Waals surface area contributed by atoms with Gasteiger partial charge in [0.25, 0.3) is 0 Å². The predicted molar refractivity (Wildman–Crippen MR) is 64.0 cm³/mol. The van der Waals surface area contributed by atoms with Gasteiger partial charge in [0, 0.05) is 22.8 Å². The lowest BCUT2D eigenvalue weighted by Crippen LogP contribution is -2.04. The van der Waals surface area contributed by atoms with Crippen molar-refractivity contribution in [3.63, 3.8) is 0 Å². The molecule has 15 heavy (non-hydrogen) atoms. The highest BCUT2D eigenvalue weighted by molar-refractivity contribution is 9.10. The number of halogens is 1. The smallest absolute Gasteiger partial charge is 0.328 e. The van der Waals surface area contributed by atoms with Gasteiger partial charge < -0.3 is 10.4 Å². The third-order valence-electron chi connectivity index (χ3n) is 1.77. The Bertz CT molecular complexity index is 388. The Hall–Kier alpha value is -1.29. The second-order valence-electron chi connectivity index (χ2n) is 3.19. The molecule has 4 heteroatoms. The number of hydrogen-bond acceptors (Lipinski definition) is 2. The van der Waals surface area contributed by atoms with Crippen LogP contribution >= 0.6 is 15.9 Å². The van der Waals surface area contributed by atoms with Crippen LogP contribution in [0.1, 0.15) is 6.92 Å². The fourth-order valence-electron chi connectivity index (χ4n) is 1.10. The molecule has 0 heterocycles. The van der Waals surface area contributed by atoms with Crippen molar-refractivity contribution < 1.29 is 9.90 Å². The number of rotatable bonds is 4. The van der Waals surface area contributed by atoms with Crippen LogP contribution < -0.4 is 5.32 Å². The summed E-state index contributed by atoms with van der Waals surface area (Å²) >= 11 is 3.36. The van der Waals surface area contributed by atoms with E-state index in [1.165, 1.54) is 6.08 Å². The van der Waals surface area contributed by atoms with E-state index < -0.39 is 5.97 Å². The van der Waals surface area contributed by atoms with Crippen molar-refractivity contribution in [2.75, 3.05) is 11.9 Å². The second kappa shape index (κ2) is 5.56. The molecule has 0 aliphatic heterocycles. The van der Waals surface area contributed by atoms with E-state index in [0.717, 1.165) is 15.7 Å². The zero-order chi connectivity index (χ0) is 11.3. The summed E-state index contributed by atoms with van der Waals surface area (Å²) < 4.78 is 0.993. The summed E-state index contributed by atoms with van der Waals surface area (Å²) in [6, 6.07) is 7.72. The van der Waals surface area contributed by atoms with E-state index in [0.29, 0.717) is 6.54 Å². The summed E-state index contributed by atoms with van der Waals surface area (Å²) in [7, 11) is 0. The number of carbonyl (C=O) groups is 1. The molecule has 0 radical (unpaired) electrons. The Labute approximate surface area is 96.9 Å². The minimum Gasteiger partial charge on any atom is -0.478 e. The monoisotopic (exact) mass is 269 g/mol. The number of hydrogen-bond donors (Lipinski definition) is 2. The number of aliphatic carboxylic acids is 1. The van der Waals surface area contributed by atoms with E-state index >= 15 is 0 Å². The Morgan fingerprint density at radius 1 is 1.60 bits per heavy atom. The van der Waals surface area contributed by atoms with Gasteiger partial charge in [0.15, 0.2) is 0 Å². The summed E-state index contributed by atoms with van der Waals surface area (Å²) in [6.07, 6.45) is 1.20. The first-order chi connectivity index (χ1) is 7.08. The van der Waals surface area contributed by atoms with Gasteiger partial charge in [-0.2, -0.15) is 0 Å². The highest BCUT2D eigenvalue weighted by atomic mass is 79.9. The summed E-state index contributed by atoms with van der Waals surface area (Å²) in [4.78, 5) is 10.4.